The molecule has 6 heteroatoms. The van der Waals surface area contributed by atoms with Crippen molar-refractivity contribution in [3.05, 3.63) is 97.2 Å². The predicted molar refractivity (Wildman–Crippen MR) is 284 cm³/mol. The Kier molecular flexibility index (Phi) is 50.9. The normalized spacial score (nSPS) is 12.8. The van der Waals surface area contributed by atoms with E-state index in [1.165, 1.54) is 70.6 Å². The lowest BCUT2D eigenvalue weighted by Crippen LogP contribution is -2.30. The standard InChI is InChI=1S/C60H100O6/c1-4-7-10-13-16-19-21-23-25-27-28-29-30-31-32-33-35-36-38-41-44-47-50-53-59(62)65-56-57(55-64-58(61)52-49-46-43-40-18-15-12-9-6-3)66-60(63)54-51-48-45-42-39-37-34-26-24-22-20-17-14-11-8-5-2/h7,10,16,19-20,22-23,25-26,28-29,31-32,34-36,57H,4-6,8-9,11-15,17-18,21,24,27,30,33,37-56H2,1-3H3/b10-7-,19-16-,22-20-,25-23-,29-28-,32-31-,34-26-,36-35-. The molecule has 0 aromatic rings. The molecule has 0 N–H and O–H groups in total. The summed E-state index contributed by atoms with van der Waals surface area (Å²) in [5.41, 5.74) is 0. The number of allylic oxidation sites excluding steroid dienone is 16. The van der Waals surface area contributed by atoms with Crippen LogP contribution in [-0.2, 0) is 28.6 Å². The molecule has 0 spiro atoms. The van der Waals surface area contributed by atoms with Crippen molar-refractivity contribution >= 4 is 17.9 Å². The first-order chi connectivity index (χ1) is 32.5. The van der Waals surface area contributed by atoms with Crippen molar-refractivity contribution in [1.82, 2.24) is 0 Å². The van der Waals surface area contributed by atoms with E-state index in [9.17, 15) is 14.4 Å². The second-order valence-electron chi connectivity index (χ2n) is 17.8. The Labute approximate surface area is 407 Å². The van der Waals surface area contributed by atoms with E-state index in [0.717, 1.165) is 135 Å². The van der Waals surface area contributed by atoms with E-state index in [0.29, 0.717) is 19.3 Å². The number of hydrogen-bond acceptors (Lipinski definition) is 6. The van der Waals surface area contributed by atoms with Crippen LogP contribution in [0, 0.1) is 0 Å². The molecule has 1 unspecified atom stereocenters. The number of hydrogen-bond donors (Lipinski definition) is 0. The molecule has 0 heterocycles. The van der Waals surface area contributed by atoms with Gasteiger partial charge in [0.2, 0.25) is 0 Å². The van der Waals surface area contributed by atoms with Crippen molar-refractivity contribution in [1.29, 1.82) is 0 Å². The van der Waals surface area contributed by atoms with Gasteiger partial charge in [0.05, 0.1) is 0 Å². The van der Waals surface area contributed by atoms with E-state index in [-0.39, 0.29) is 31.1 Å². The van der Waals surface area contributed by atoms with Crippen molar-refractivity contribution in [2.45, 2.75) is 252 Å². The zero-order chi connectivity index (χ0) is 47.9. The van der Waals surface area contributed by atoms with Gasteiger partial charge in [0.1, 0.15) is 13.2 Å². The van der Waals surface area contributed by atoms with E-state index in [4.69, 9.17) is 14.2 Å². The van der Waals surface area contributed by atoms with Crippen molar-refractivity contribution in [3.8, 4) is 0 Å². The van der Waals surface area contributed by atoms with Crippen LogP contribution in [0.1, 0.15) is 245 Å². The lowest BCUT2D eigenvalue weighted by Gasteiger charge is -2.18. The highest BCUT2D eigenvalue weighted by Gasteiger charge is 2.19. The summed E-state index contributed by atoms with van der Waals surface area (Å²) in [6, 6.07) is 0. The maximum Gasteiger partial charge on any atom is 0.306 e. The van der Waals surface area contributed by atoms with Crippen LogP contribution in [0.15, 0.2) is 97.2 Å². The molecule has 0 rings (SSSR count). The molecule has 376 valence electrons. The van der Waals surface area contributed by atoms with Gasteiger partial charge < -0.3 is 14.2 Å². The highest BCUT2D eigenvalue weighted by Crippen LogP contribution is 2.14. The first-order valence-corrected chi connectivity index (χ1v) is 27.2. The van der Waals surface area contributed by atoms with Gasteiger partial charge in [-0.1, -0.05) is 221 Å². The predicted octanol–water partition coefficient (Wildman–Crippen LogP) is 18.1. The molecule has 0 aromatic carbocycles. The monoisotopic (exact) mass is 917 g/mol. The average molecular weight is 917 g/mol. The summed E-state index contributed by atoms with van der Waals surface area (Å²) >= 11 is 0. The van der Waals surface area contributed by atoms with Crippen molar-refractivity contribution < 1.29 is 28.6 Å². The van der Waals surface area contributed by atoms with Gasteiger partial charge in [-0.05, 0) is 103 Å². The van der Waals surface area contributed by atoms with E-state index < -0.39 is 6.10 Å². The van der Waals surface area contributed by atoms with Crippen LogP contribution >= 0.6 is 0 Å². The minimum atomic E-state index is -0.794. The number of rotatable bonds is 48. The minimum Gasteiger partial charge on any atom is -0.462 e. The fourth-order valence-electron chi connectivity index (χ4n) is 7.24. The minimum absolute atomic E-state index is 0.0911. The highest BCUT2D eigenvalue weighted by molar-refractivity contribution is 5.71. The Morgan fingerprint density at radius 3 is 0.939 bits per heavy atom. The number of ether oxygens (including phenoxy) is 3. The van der Waals surface area contributed by atoms with Gasteiger partial charge in [0.25, 0.3) is 0 Å². The van der Waals surface area contributed by atoms with E-state index >= 15 is 0 Å². The Hall–Kier alpha value is -3.67. The van der Waals surface area contributed by atoms with Crippen molar-refractivity contribution in [3.63, 3.8) is 0 Å². The molecule has 0 bridgehead atoms. The van der Waals surface area contributed by atoms with Crippen LogP contribution in [0.3, 0.4) is 0 Å². The molecule has 0 aliphatic heterocycles. The number of esters is 3. The van der Waals surface area contributed by atoms with Gasteiger partial charge in [-0.3, -0.25) is 14.4 Å². The maximum atomic E-state index is 12.8. The summed E-state index contributed by atoms with van der Waals surface area (Å²) in [7, 11) is 0. The number of unbranched alkanes of at least 4 members (excludes halogenated alkanes) is 21. The largest absolute Gasteiger partial charge is 0.462 e. The van der Waals surface area contributed by atoms with Gasteiger partial charge in [-0.15, -0.1) is 0 Å². The van der Waals surface area contributed by atoms with E-state index in [1.807, 2.05) is 0 Å². The topological polar surface area (TPSA) is 78.9 Å². The van der Waals surface area contributed by atoms with Crippen LogP contribution in [0.5, 0.6) is 0 Å². The summed E-state index contributed by atoms with van der Waals surface area (Å²) in [5, 5.41) is 0. The molecule has 0 saturated heterocycles. The fourth-order valence-corrected chi connectivity index (χ4v) is 7.24. The lowest BCUT2D eigenvalue weighted by molar-refractivity contribution is -0.167. The number of carbonyl (C=O) groups excluding carboxylic acids is 3. The average Bonchev–Trinajstić information content (AvgIpc) is 3.31. The SMILES string of the molecule is CC/C=C\C/C=C\C/C=C\C/C=C\C/C=C\C/C=C\CCCCCCC(=O)OCC(COC(=O)CCCCCCCCCCC)OC(=O)CCCCCCC/C=C\C/C=C\CCCCCC. The van der Waals surface area contributed by atoms with Gasteiger partial charge in [-0.2, -0.15) is 0 Å². The zero-order valence-corrected chi connectivity index (χ0v) is 42.9. The zero-order valence-electron chi connectivity index (χ0n) is 42.9. The molecule has 66 heavy (non-hydrogen) atoms. The van der Waals surface area contributed by atoms with E-state index in [2.05, 4.69) is 118 Å². The molecular weight excluding hydrogens is 817 g/mol. The molecule has 0 radical (unpaired) electrons. The van der Waals surface area contributed by atoms with E-state index in [1.54, 1.807) is 0 Å². The summed E-state index contributed by atoms with van der Waals surface area (Å²) in [6.07, 6.45) is 71.1. The third-order valence-electron chi connectivity index (χ3n) is 11.3. The molecule has 0 fully saturated rings. The van der Waals surface area contributed by atoms with Gasteiger partial charge >= 0.3 is 17.9 Å². The third kappa shape index (κ3) is 51.3. The van der Waals surface area contributed by atoms with Crippen molar-refractivity contribution in [2.75, 3.05) is 13.2 Å². The smallest absolute Gasteiger partial charge is 0.306 e. The van der Waals surface area contributed by atoms with Crippen molar-refractivity contribution in [2.24, 2.45) is 0 Å². The number of carbonyl (C=O) groups is 3. The van der Waals surface area contributed by atoms with Crippen LogP contribution in [-0.4, -0.2) is 37.2 Å². The molecule has 6 nitrogen and oxygen atoms in total. The molecule has 1 atom stereocenters. The van der Waals surface area contributed by atoms with Crippen LogP contribution in [0.4, 0.5) is 0 Å². The van der Waals surface area contributed by atoms with Crippen LogP contribution in [0.25, 0.3) is 0 Å². The first-order valence-electron chi connectivity index (χ1n) is 27.2. The maximum absolute atomic E-state index is 12.8. The Morgan fingerprint density at radius 1 is 0.318 bits per heavy atom. The molecular formula is C60H100O6. The summed E-state index contributed by atoms with van der Waals surface area (Å²) < 4.78 is 16.8. The Morgan fingerprint density at radius 2 is 0.591 bits per heavy atom. The van der Waals surface area contributed by atoms with Crippen LogP contribution in [0.2, 0.25) is 0 Å². The van der Waals surface area contributed by atoms with Gasteiger partial charge in [-0.25, -0.2) is 0 Å². The van der Waals surface area contributed by atoms with Gasteiger partial charge in [0.15, 0.2) is 6.10 Å². The molecule has 0 aromatic heterocycles. The summed E-state index contributed by atoms with van der Waals surface area (Å²) in [4.78, 5) is 38.0. The Balaban J connectivity index is 4.38. The quantitative estimate of drug-likeness (QED) is 0.0262. The molecule has 0 aliphatic carbocycles. The first kappa shape index (κ1) is 62.3. The summed E-state index contributed by atoms with van der Waals surface area (Å²) in [5.74, 6) is -0.934. The second-order valence-corrected chi connectivity index (χ2v) is 17.8. The third-order valence-corrected chi connectivity index (χ3v) is 11.3. The second kappa shape index (κ2) is 53.9. The fraction of sp³-hybridized carbons (Fsp3) is 0.683. The van der Waals surface area contributed by atoms with Gasteiger partial charge in [0, 0.05) is 19.3 Å². The highest BCUT2D eigenvalue weighted by atomic mass is 16.6. The molecule has 0 saturated carbocycles. The molecule has 0 aliphatic rings. The van der Waals surface area contributed by atoms with Crippen LogP contribution < -0.4 is 0 Å². The molecule has 0 amide bonds. The Bertz CT molecular complexity index is 1330. The summed E-state index contributed by atoms with van der Waals surface area (Å²) in [6.45, 7) is 6.45. The lowest BCUT2D eigenvalue weighted by atomic mass is 10.1.